The fraction of sp³-hybridized carbons (Fsp3) is 0.359. The fourth-order valence-corrected chi connectivity index (χ4v) is 6.21. The standard InChI is InChI=1S/C39H45N3O4/c1-39(2,3)46-38(43)41-24-22-40(23-25-41)26-27-44-34-16-14-31(15-17-34)37-36-19-18-35(45-29-30-10-6-4-7-11-30)28-32(36)20-21-42(37)33-12-8-5-9-13-33/h4-19,28,37H,20-27,29H2,1-3H3. The lowest BCUT2D eigenvalue weighted by Gasteiger charge is -2.39. The third-order valence-electron chi connectivity index (χ3n) is 8.57. The number of rotatable bonds is 9. The molecule has 0 radical (unpaired) electrons. The number of ether oxygens (including phenoxy) is 3. The highest BCUT2D eigenvalue weighted by atomic mass is 16.6. The van der Waals surface area contributed by atoms with Gasteiger partial charge in [0, 0.05) is 45.0 Å². The lowest BCUT2D eigenvalue weighted by Crippen LogP contribution is -2.50. The zero-order valence-corrected chi connectivity index (χ0v) is 27.2. The molecule has 1 saturated heterocycles. The number of hydrogen-bond donors (Lipinski definition) is 0. The molecule has 46 heavy (non-hydrogen) atoms. The van der Waals surface area contributed by atoms with E-state index in [1.54, 1.807) is 4.90 Å². The minimum absolute atomic E-state index is 0.0876. The van der Waals surface area contributed by atoms with Crippen molar-refractivity contribution >= 4 is 11.8 Å². The largest absolute Gasteiger partial charge is 0.492 e. The smallest absolute Gasteiger partial charge is 0.410 e. The molecule has 7 heteroatoms. The molecule has 1 amide bonds. The van der Waals surface area contributed by atoms with Crippen molar-refractivity contribution < 1.29 is 19.0 Å². The van der Waals surface area contributed by atoms with E-state index in [0.717, 1.165) is 49.7 Å². The summed E-state index contributed by atoms with van der Waals surface area (Å²) >= 11 is 0. The number of hydrogen-bond acceptors (Lipinski definition) is 6. The number of amides is 1. The predicted molar refractivity (Wildman–Crippen MR) is 183 cm³/mol. The zero-order valence-electron chi connectivity index (χ0n) is 27.2. The van der Waals surface area contributed by atoms with Crippen molar-refractivity contribution in [2.75, 3.05) is 50.8 Å². The van der Waals surface area contributed by atoms with Crippen molar-refractivity contribution in [2.24, 2.45) is 0 Å². The number of fused-ring (bicyclic) bond motifs is 1. The van der Waals surface area contributed by atoms with Gasteiger partial charge in [0.25, 0.3) is 0 Å². The van der Waals surface area contributed by atoms with Crippen molar-refractivity contribution in [2.45, 2.75) is 45.4 Å². The Morgan fingerprint density at radius 3 is 2.13 bits per heavy atom. The minimum atomic E-state index is -0.473. The van der Waals surface area contributed by atoms with Crippen molar-refractivity contribution in [1.82, 2.24) is 9.80 Å². The first-order chi connectivity index (χ1) is 22.3. The molecule has 0 aromatic heterocycles. The Morgan fingerprint density at radius 1 is 0.761 bits per heavy atom. The highest BCUT2D eigenvalue weighted by Crippen LogP contribution is 2.40. The van der Waals surface area contributed by atoms with Crippen molar-refractivity contribution in [1.29, 1.82) is 0 Å². The summed E-state index contributed by atoms with van der Waals surface area (Å²) in [4.78, 5) is 19.0. The number of nitrogens with zero attached hydrogens (tertiary/aromatic N) is 3. The van der Waals surface area contributed by atoms with E-state index in [9.17, 15) is 4.79 Å². The molecule has 1 fully saturated rings. The highest BCUT2D eigenvalue weighted by molar-refractivity contribution is 5.68. The number of anilines is 1. The molecule has 2 aliphatic rings. The summed E-state index contributed by atoms with van der Waals surface area (Å²) in [6.07, 6.45) is 0.725. The summed E-state index contributed by atoms with van der Waals surface area (Å²) in [6, 6.07) is 36.2. The van der Waals surface area contributed by atoms with Crippen LogP contribution < -0.4 is 14.4 Å². The Morgan fingerprint density at radius 2 is 1.43 bits per heavy atom. The second-order valence-electron chi connectivity index (χ2n) is 13.0. The van der Waals surface area contributed by atoms with Gasteiger partial charge in [-0.25, -0.2) is 4.79 Å². The SMILES string of the molecule is CC(C)(C)OC(=O)N1CCN(CCOc2ccc(C3c4ccc(OCc5ccccc5)cc4CCN3c3ccccc3)cc2)CC1. The zero-order chi connectivity index (χ0) is 31.9. The quantitative estimate of drug-likeness (QED) is 0.195. The third-order valence-corrected chi connectivity index (χ3v) is 8.57. The van der Waals surface area contributed by atoms with E-state index in [0.29, 0.717) is 26.3 Å². The maximum atomic E-state index is 12.4. The second-order valence-corrected chi connectivity index (χ2v) is 13.0. The number of carbonyl (C=O) groups excluding carboxylic acids is 1. The van der Waals surface area contributed by atoms with Gasteiger partial charge < -0.3 is 24.0 Å². The van der Waals surface area contributed by atoms with Crippen molar-refractivity contribution in [3.05, 3.63) is 125 Å². The van der Waals surface area contributed by atoms with Gasteiger partial charge in [-0.15, -0.1) is 0 Å². The van der Waals surface area contributed by atoms with E-state index in [2.05, 4.69) is 94.7 Å². The van der Waals surface area contributed by atoms with Crippen LogP contribution in [-0.4, -0.2) is 67.4 Å². The lowest BCUT2D eigenvalue weighted by molar-refractivity contribution is 0.0137. The first-order valence-corrected chi connectivity index (χ1v) is 16.4. The maximum absolute atomic E-state index is 12.4. The van der Waals surface area contributed by atoms with Gasteiger partial charge in [-0.2, -0.15) is 0 Å². The molecule has 1 atom stereocenters. The maximum Gasteiger partial charge on any atom is 0.410 e. The molecule has 4 aromatic carbocycles. The number of piperazine rings is 1. The minimum Gasteiger partial charge on any atom is -0.492 e. The van der Waals surface area contributed by atoms with Crippen molar-refractivity contribution in [3.8, 4) is 11.5 Å². The van der Waals surface area contributed by atoms with Crippen LogP contribution in [0, 0.1) is 0 Å². The molecule has 0 N–H and O–H groups in total. The Hall–Kier alpha value is -4.49. The van der Waals surface area contributed by atoms with Crippen LogP contribution in [0.3, 0.4) is 0 Å². The third kappa shape index (κ3) is 8.01. The molecule has 7 nitrogen and oxygen atoms in total. The summed E-state index contributed by atoms with van der Waals surface area (Å²) in [5.74, 6) is 1.77. The molecule has 6 rings (SSSR count). The normalized spacial score (nSPS) is 16.9. The Balaban J connectivity index is 1.09. The predicted octanol–water partition coefficient (Wildman–Crippen LogP) is 7.35. The summed E-state index contributed by atoms with van der Waals surface area (Å²) in [5.41, 5.74) is 5.77. The van der Waals surface area contributed by atoms with Gasteiger partial charge >= 0.3 is 6.09 Å². The van der Waals surface area contributed by atoms with Crippen molar-refractivity contribution in [3.63, 3.8) is 0 Å². The fourth-order valence-electron chi connectivity index (χ4n) is 6.21. The molecule has 0 spiro atoms. The first kappa shape index (κ1) is 31.5. The molecular formula is C39H45N3O4. The van der Waals surface area contributed by atoms with Crippen LogP contribution in [0.4, 0.5) is 10.5 Å². The summed E-state index contributed by atoms with van der Waals surface area (Å²) in [5, 5.41) is 0. The van der Waals surface area contributed by atoms with Crippen LogP contribution in [0.15, 0.2) is 103 Å². The van der Waals surface area contributed by atoms with Gasteiger partial charge in [-0.1, -0.05) is 66.7 Å². The molecule has 4 aromatic rings. The Labute approximate surface area is 273 Å². The first-order valence-electron chi connectivity index (χ1n) is 16.4. The van der Waals surface area contributed by atoms with E-state index in [4.69, 9.17) is 14.2 Å². The van der Waals surface area contributed by atoms with Crippen LogP contribution in [-0.2, 0) is 17.8 Å². The van der Waals surface area contributed by atoms with E-state index in [1.807, 2.05) is 39.0 Å². The van der Waals surface area contributed by atoms with Crippen LogP contribution in [0.25, 0.3) is 0 Å². The number of para-hydroxylation sites is 1. The Bertz CT molecular complexity index is 1560. The van der Waals surface area contributed by atoms with Crippen LogP contribution in [0.5, 0.6) is 11.5 Å². The second kappa shape index (κ2) is 14.3. The Kier molecular flexibility index (Phi) is 9.79. The molecule has 2 heterocycles. The van der Waals surface area contributed by atoms with Gasteiger partial charge in [0.05, 0.1) is 6.04 Å². The number of carbonyl (C=O) groups is 1. The van der Waals surface area contributed by atoms with Gasteiger partial charge in [-0.3, -0.25) is 4.90 Å². The molecule has 2 aliphatic heterocycles. The summed E-state index contributed by atoms with van der Waals surface area (Å²) in [7, 11) is 0. The van der Waals surface area contributed by atoms with E-state index < -0.39 is 5.60 Å². The summed E-state index contributed by atoms with van der Waals surface area (Å²) < 4.78 is 17.9. The molecule has 240 valence electrons. The van der Waals surface area contributed by atoms with E-state index in [-0.39, 0.29) is 12.1 Å². The molecule has 0 saturated carbocycles. The average Bonchev–Trinajstić information content (AvgIpc) is 3.07. The molecule has 0 bridgehead atoms. The molecular weight excluding hydrogens is 574 g/mol. The average molecular weight is 620 g/mol. The number of benzene rings is 4. The lowest BCUT2D eigenvalue weighted by atomic mass is 9.87. The van der Waals surface area contributed by atoms with E-state index in [1.165, 1.54) is 22.4 Å². The van der Waals surface area contributed by atoms with Gasteiger partial charge in [0.2, 0.25) is 0 Å². The molecule has 0 aliphatic carbocycles. The molecule has 1 unspecified atom stereocenters. The highest BCUT2D eigenvalue weighted by Gasteiger charge is 2.30. The van der Waals surface area contributed by atoms with Crippen LogP contribution in [0.2, 0.25) is 0 Å². The van der Waals surface area contributed by atoms with Gasteiger partial charge in [-0.05, 0) is 85.8 Å². The monoisotopic (exact) mass is 619 g/mol. The van der Waals surface area contributed by atoms with Gasteiger partial charge in [0.1, 0.15) is 30.3 Å². The summed E-state index contributed by atoms with van der Waals surface area (Å²) in [6.45, 7) is 11.6. The van der Waals surface area contributed by atoms with Crippen LogP contribution in [0.1, 0.15) is 49.1 Å². The van der Waals surface area contributed by atoms with Gasteiger partial charge in [0.15, 0.2) is 0 Å². The van der Waals surface area contributed by atoms with Crippen LogP contribution >= 0.6 is 0 Å². The topological polar surface area (TPSA) is 54.5 Å². The van der Waals surface area contributed by atoms with E-state index >= 15 is 0 Å².